The normalized spacial score (nSPS) is 0. The summed E-state index contributed by atoms with van der Waals surface area (Å²) in [6.45, 7) is 0. The van der Waals surface area contributed by atoms with Gasteiger partial charge in [-0.15, -0.1) is 0 Å². The zero-order chi connectivity index (χ0) is 0. The zero-order valence-electron chi connectivity index (χ0n) is 35.8. The number of hydrogen-bond donors (Lipinski definition) is 0. The summed E-state index contributed by atoms with van der Waals surface area (Å²) in [6, 6.07) is 0. The molecule has 80 heavy (non-hydrogen) atoms. The molecule has 0 saturated heterocycles. The van der Waals surface area contributed by atoms with Crippen LogP contribution in [-0.2, 0) is 1480 Å². The van der Waals surface area contributed by atoms with Crippen molar-refractivity contribution in [1.82, 2.24) is 0 Å². The molecule has 0 heterocycles. The fourth-order valence-corrected chi connectivity index (χ4v) is 0. The molecule has 0 saturated carbocycles. The van der Waals surface area contributed by atoms with E-state index >= 15 is 0 Å². The Kier molecular flexibility index (Phi) is 10300. The molecular weight excluding hydrogens is 4080 g/mol. The molecule has 400 valence electrons. The van der Waals surface area contributed by atoms with E-state index in [1.165, 1.54) is 0 Å². The summed E-state index contributed by atoms with van der Waals surface area (Å²) in [5.41, 5.74) is 0. The first kappa shape index (κ1) is 917. The average Bonchev–Trinajstić information content (AvgIpc) is 0. The summed E-state index contributed by atoms with van der Waals surface area (Å²) in [7, 11) is 0. The Bertz CT molecular complexity index is 0. The largest absolute Gasteiger partial charge is 0 e. The van der Waals surface area contributed by atoms with Crippen molar-refractivity contribution in [3.8, 4) is 0 Å². The molecule has 0 bridgehead atoms. The Morgan fingerprint density at radius 2 is 0.0125 bits per heavy atom. The van der Waals surface area contributed by atoms with Gasteiger partial charge in [-0.1, -0.05) is 0 Å². The van der Waals surface area contributed by atoms with Gasteiger partial charge in [0, 0.05) is 1480 Å². The topological polar surface area (TPSA) is 0 Å². The van der Waals surface area contributed by atoms with Gasteiger partial charge < -0.3 is 0 Å². The molecule has 0 amide bonds. The molecule has 0 aromatic carbocycles. The molecule has 0 aliphatic rings. The Hall–Kier alpha value is 46.8. The SMILES string of the molecule is [V].[V].[V].[V].[V].[V].[V].[V].[V].[V].[V].[V].[V].[V].[V].[V].[V].[V].[V].[V].[V].[V].[V].[V].[V].[V].[V].[V].[V].[V].[V].[V].[V].[V].[V].[V].[V].[V].[V].[V].[V].[V].[V].[V].[V].[V].[V].[V].[V].[V].[V].[V].[V].[V].[V].[V].[V].[V].[V].[V].[V].[V].[V].[V].[V].[V].[V].[V].[V].[V].[V].[V].[V].[V].[V].[V].[V].[V].[V].[V]. The van der Waals surface area contributed by atoms with Crippen molar-refractivity contribution >= 4 is 0 Å². The van der Waals surface area contributed by atoms with Gasteiger partial charge in [0.05, 0.1) is 0 Å². The monoisotopic (exact) mass is 4080 g/mol. The van der Waals surface area contributed by atoms with E-state index in [1.54, 1.807) is 0 Å². The van der Waals surface area contributed by atoms with Gasteiger partial charge in [-0.3, -0.25) is 0 Å². The van der Waals surface area contributed by atoms with E-state index < -0.39 is 0 Å². The molecule has 80 radical (unpaired) electrons. The van der Waals surface area contributed by atoms with Crippen molar-refractivity contribution in [2.75, 3.05) is 0 Å². The summed E-state index contributed by atoms with van der Waals surface area (Å²) >= 11 is 0. The molecule has 0 nitrogen and oxygen atoms in total. The fraction of sp³-hybridized carbons (Fsp3) is 0. The van der Waals surface area contributed by atoms with Crippen molar-refractivity contribution in [2.45, 2.75) is 0 Å². The van der Waals surface area contributed by atoms with Gasteiger partial charge >= 0.3 is 0 Å². The summed E-state index contributed by atoms with van der Waals surface area (Å²) in [5.74, 6) is 0. The van der Waals surface area contributed by atoms with Crippen LogP contribution in [0.3, 0.4) is 0 Å². The average molecular weight is 4080 g/mol. The molecule has 0 aliphatic heterocycles. The van der Waals surface area contributed by atoms with Crippen LogP contribution in [0.15, 0.2) is 0 Å². The minimum atomic E-state index is 0. The second-order valence-corrected chi connectivity index (χ2v) is 0. The van der Waals surface area contributed by atoms with Crippen molar-refractivity contribution in [3.05, 3.63) is 0 Å². The van der Waals surface area contributed by atoms with Crippen LogP contribution in [0.25, 0.3) is 0 Å². The van der Waals surface area contributed by atoms with Gasteiger partial charge in [0.2, 0.25) is 0 Å². The molecule has 0 aliphatic carbocycles. The molecule has 0 spiro atoms. The van der Waals surface area contributed by atoms with Crippen LogP contribution in [0.5, 0.6) is 0 Å². The van der Waals surface area contributed by atoms with E-state index in [9.17, 15) is 0 Å². The van der Waals surface area contributed by atoms with Crippen molar-refractivity contribution < 1.29 is 1480 Å². The molecule has 0 unspecified atom stereocenters. The van der Waals surface area contributed by atoms with Crippen LogP contribution >= 0.6 is 0 Å². The van der Waals surface area contributed by atoms with Crippen LogP contribution in [0.1, 0.15) is 0 Å². The van der Waals surface area contributed by atoms with Crippen molar-refractivity contribution in [1.29, 1.82) is 0 Å². The second kappa shape index (κ2) is 895. The van der Waals surface area contributed by atoms with Crippen molar-refractivity contribution in [2.24, 2.45) is 0 Å². The third-order valence-corrected chi connectivity index (χ3v) is 0. The molecule has 0 atom stereocenters. The first-order chi connectivity index (χ1) is 0. The molecule has 0 rings (SSSR count). The summed E-state index contributed by atoms with van der Waals surface area (Å²) in [6.07, 6.45) is 0. The predicted octanol–water partition coefficient (Wildman–Crippen LogP) is -0.200. The minimum Gasteiger partial charge on any atom is 0 e. The van der Waals surface area contributed by atoms with Crippen LogP contribution in [0.4, 0.5) is 0 Å². The summed E-state index contributed by atoms with van der Waals surface area (Å²) < 4.78 is 0. The maximum absolute atomic E-state index is 0. The first-order valence-electron chi connectivity index (χ1n) is 0. The Labute approximate surface area is 1440 Å². The standard InChI is InChI=1S/80V. The van der Waals surface area contributed by atoms with E-state index in [0.717, 1.165) is 0 Å². The van der Waals surface area contributed by atoms with E-state index in [4.69, 9.17) is 0 Å². The van der Waals surface area contributed by atoms with Gasteiger partial charge in [-0.25, -0.2) is 0 Å². The summed E-state index contributed by atoms with van der Waals surface area (Å²) in [4.78, 5) is 0. The van der Waals surface area contributed by atoms with Gasteiger partial charge in [-0.05, 0) is 0 Å². The second-order valence-electron chi connectivity index (χ2n) is 0. The molecular formula is V80. The van der Waals surface area contributed by atoms with E-state index in [-0.39, 0.29) is 1480 Å². The maximum atomic E-state index is 0. The molecule has 0 aromatic rings. The Balaban J connectivity index is 0. The third-order valence-electron chi connectivity index (χ3n) is 0. The smallest absolute Gasteiger partial charge is 0 e. The Morgan fingerprint density at radius 3 is 0.0125 bits per heavy atom. The van der Waals surface area contributed by atoms with Gasteiger partial charge in [0.25, 0.3) is 0 Å². The number of rotatable bonds is 0. The van der Waals surface area contributed by atoms with Gasteiger partial charge in [-0.2, -0.15) is 0 Å². The molecule has 80 heteroatoms. The van der Waals surface area contributed by atoms with Gasteiger partial charge in [0.1, 0.15) is 0 Å². The van der Waals surface area contributed by atoms with Crippen molar-refractivity contribution in [3.63, 3.8) is 0 Å². The van der Waals surface area contributed by atoms with Crippen LogP contribution in [0.2, 0.25) is 0 Å². The summed E-state index contributed by atoms with van der Waals surface area (Å²) in [5, 5.41) is 0. The molecule has 0 aromatic heterocycles. The van der Waals surface area contributed by atoms with Crippen LogP contribution in [0, 0.1) is 0 Å². The van der Waals surface area contributed by atoms with E-state index in [0.29, 0.717) is 0 Å². The van der Waals surface area contributed by atoms with E-state index in [2.05, 4.69) is 0 Å². The van der Waals surface area contributed by atoms with E-state index in [1.807, 2.05) is 0 Å². The first-order valence-corrected chi connectivity index (χ1v) is 0. The molecule has 0 fully saturated rings. The van der Waals surface area contributed by atoms with Crippen LogP contribution < -0.4 is 0 Å². The Morgan fingerprint density at radius 1 is 0.0125 bits per heavy atom. The van der Waals surface area contributed by atoms with Gasteiger partial charge in [0.15, 0.2) is 0 Å². The minimum absolute atomic E-state index is 0. The quantitative estimate of drug-likeness (QED) is 0.316. The number of hydrogen-bond acceptors (Lipinski definition) is 0. The van der Waals surface area contributed by atoms with Crippen LogP contribution in [-0.4, -0.2) is 0 Å². The fourth-order valence-electron chi connectivity index (χ4n) is 0. The maximum Gasteiger partial charge on any atom is 0 e. The third kappa shape index (κ3) is 874. The molecule has 0 N–H and O–H groups in total. The zero-order valence-corrected chi connectivity index (χ0v) is 148. The predicted molar refractivity (Wildman–Crippen MR) is 0 cm³/mol.